The van der Waals surface area contributed by atoms with Crippen molar-refractivity contribution in [2.75, 3.05) is 0 Å². The third-order valence-corrected chi connectivity index (χ3v) is 31.0. The van der Waals surface area contributed by atoms with Crippen LogP contribution in [0.5, 0.6) is 0 Å². The van der Waals surface area contributed by atoms with Crippen molar-refractivity contribution < 1.29 is 49.9 Å². The number of pyridine rings is 6. The van der Waals surface area contributed by atoms with Crippen LogP contribution in [0.2, 0.25) is 0 Å². The van der Waals surface area contributed by atoms with Crippen LogP contribution < -0.4 is 21.3 Å². The highest BCUT2D eigenvalue weighted by Gasteiger charge is 2.38. The van der Waals surface area contributed by atoms with Crippen LogP contribution in [-0.2, 0) is 0 Å². The number of nitrogens with zero attached hydrogens (tertiary/aromatic N) is 10. The second kappa shape index (κ2) is 39.1. The summed E-state index contributed by atoms with van der Waals surface area (Å²) < 4.78 is 99.6. The number of carbonyl (C=O) groups is 4. The van der Waals surface area contributed by atoms with Crippen molar-refractivity contribution in [1.82, 2.24) is 91.0 Å². The summed E-state index contributed by atoms with van der Waals surface area (Å²) in [5.74, 6) is 2.52. The van der Waals surface area contributed by atoms with Crippen molar-refractivity contribution >= 4 is 111 Å². The Labute approximate surface area is 798 Å². The van der Waals surface area contributed by atoms with Gasteiger partial charge in [-0.2, -0.15) is 0 Å². The number of rotatable bonds is 20. The molecule has 139 heavy (non-hydrogen) atoms. The van der Waals surface area contributed by atoms with E-state index < -0.39 is 23.4 Å². The molecular weight excluding hydrogens is 1770 g/mol. The monoisotopic (exact) mass is 1880 g/mol. The van der Waals surface area contributed by atoms with Crippen LogP contribution in [0, 0.1) is 64.4 Å². The van der Waals surface area contributed by atoms with Crippen molar-refractivity contribution in [2.24, 2.45) is 23.7 Å². The molecule has 22 nitrogen and oxygen atoms in total. The molecule has 8 saturated carbocycles. The summed E-state index contributed by atoms with van der Waals surface area (Å²) in [4.78, 5) is 108. The molecule has 29 heteroatoms. The first-order valence-corrected chi connectivity index (χ1v) is 49.6. The average molecular weight is 1880 g/mol. The van der Waals surface area contributed by atoms with E-state index in [0.717, 1.165) is 243 Å². The number of hydrogen-bond acceptors (Lipinski definition) is 14. The lowest BCUT2D eigenvalue weighted by atomic mass is 9.73. The lowest BCUT2D eigenvalue weighted by molar-refractivity contribution is 0.0937. The summed E-state index contributed by atoms with van der Waals surface area (Å²) in [5, 5.41) is 15.2. The van der Waals surface area contributed by atoms with Gasteiger partial charge in [-0.3, -0.25) is 39.1 Å². The molecule has 8 aliphatic rings. The molecular formula is C110H111F7N18O4. The SMILES string of the molecule is CC(c1nc2c(F)c(F)c(C(=O)NC3CC3)cc2[nH]1)C1CCC(c2ccnc3ccc(F)cc23)CC1.CC(c1nc2cc(C(=O)NC3CC3)ncc2[nH]1)C1CCC(c2ccnc3ccc(F)cc23)CC1.C[C@@H](c1nc2cc(C(=O)NC3CC3)c(F)cc2[nH]1)C1CCC(c2ccnc3ccc(F)cc23)CC1.C[C@H](c1nc2cc(C(=O)NC3CC3)ncc2[nH]1)C1CCC(c2ccnc3ccc(F)cc23)CC1. The fourth-order valence-electron chi connectivity index (χ4n) is 22.0. The van der Waals surface area contributed by atoms with Crippen LogP contribution in [-0.4, -0.2) is 118 Å². The largest absolute Gasteiger partial charge is 0.349 e. The Hall–Kier alpha value is -13.5. The van der Waals surface area contributed by atoms with Gasteiger partial charge >= 0.3 is 0 Å². The highest BCUT2D eigenvalue weighted by molar-refractivity contribution is 6.00. The molecule has 8 aliphatic carbocycles. The van der Waals surface area contributed by atoms with E-state index in [-0.39, 0.29) is 93.4 Å². The van der Waals surface area contributed by atoms with Crippen molar-refractivity contribution in [2.45, 2.75) is 253 Å². The molecule has 2 unspecified atom stereocenters. The number of aromatic amines is 4. The van der Waals surface area contributed by atoms with Gasteiger partial charge in [-0.25, -0.2) is 60.6 Å². The molecule has 0 radical (unpaired) electrons. The topological polar surface area (TPSA) is 308 Å². The smallest absolute Gasteiger partial charge is 0.270 e. The first kappa shape index (κ1) is 91.9. The van der Waals surface area contributed by atoms with E-state index in [0.29, 0.717) is 93.2 Å². The van der Waals surface area contributed by atoms with Gasteiger partial charge in [0.15, 0.2) is 11.6 Å². The van der Waals surface area contributed by atoms with Crippen LogP contribution in [0.3, 0.4) is 0 Å². The number of amides is 4. The molecule has 8 N–H and O–H groups in total. The first-order valence-electron chi connectivity index (χ1n) is 49.6. The number of carbonyl (C=O) groups excluding carboxylic acids is 4. The van der Waals surface area contributed by atoms with Crippen molar-refractivity contribution in [3.05, 3.63) is 273 Å². The lowest BCUT2D eigenvalue weighted by Crippen LogP contribution is -2.26. The molecule has 6 aromatic carbocycles. The fraction of sp³-hybridized carbons (Fsp3) is 0.400. The Morgan fingerprint density at radius 1 is 0.288 bits per heavy atom. The molecule has 0 aliphatic heterocycles. The van der Waals surface area contributed by atoms with Crippen molar-refractivity contribution in [1.29, 1.82) is 0 Å². The standard InChI is InChI=1S/C28H27F3N4O.C28H28F2N4O.2C27H28FN5O/c1-14(15-2-4-16(5-3-15)19-10-11-32-22-9-6-17(29)12-20(19)22)27-34-23-13-21(28(36)33-18-7-8-18)24(30)25(31)26(23)35-27;1-15(27-33-25-13-22(23(30)14-26(25)34-27)28(35)32-19-7-8-19)16-2-4-17(5-3-16)20-10-11-31-24-9-6-18(29)12-21(20)24;2*1-15(26-32-23-13-24(30-14-25(23)33-26)27(34)31-19-7-8-19)16-2-4-17(5-3-16)20-10-11-29-22-9-6-18(28)12-21(20)22/h6,9-16,18H,2-5,7-8H2,1H3,(H,33,36)(H,34,35);6,9-17,19H,2-5,7-8H2,1H3,(H,32,35)(H,33,34);2*6,9-17,19H,2-5,7-8H2,1H3,(H,31,34)(H,32,33)/t;2*15-,16?,17?;/m.10./s1. The van der Waals surface area contributed by atoms with Crippen LogP contribution in [0.25, 0.3) is 87.7 Å². The summed E-state index contributed by atoms with van der Waals surface area (Å²) in [6.45, 7) is 8.67. The Kier molecular flexibility index (Phi) is 25.8. The molecule has 10 heterocycles. The Bertz CT molecular complexity index is 7150. The van der Waals surface area contributed by atoms with E-state index in [1.807, 2.05) is 30.7 Å². The van der Waals surface area contributed by atoms with E-state index in [2.05, 4.69) is 116 Å². The van der Waals surface area contributed by atoms with E-state index in [1.165, 1.54) is 53.1 Å². The normalized spacial score (nSPS) is 21.4. The van der Waals surface area contributed by atoms with E-state index >= 15 is 0 Å². The molecule has 8 fully saturated rings. The summed E-state index contributed by atoms with van der Waals surface area (Å²) in [5.41, 5.74) is 13.5. The number of H-pyrrole nitrogens is 4. The van der Waals surface area contributed by atoms with Crippen LogP contribution in [0.1, 0.15) is 316 Å². The predicted octanol–water partition coefficient (Wildman–Crippen LogP) is 24.1. The number of hydrogen-bond donors (Lipinski definition) is 8. The molecule has 16 aromatic rings. The van der Waals surface area contributed by atoms with Gasteiger partial charge in [-0.15, -0.1) is 0 Å². The number of halogens is 7. The molecule has 4 amide bonds. The maximum atomic E-state index is 14.8. The Balaban J connectivity index is 0.000000110. The van der Waals surface area contributed by atoms with Gasteiger partial charge in [-0.05, 0) is 345 Å². The minimum absolute atomic E-state index is 0.0104. The summed E-state index contributed by atoms with van der Waals surface area (Å²) in [6.07, 6.45) is 35.0. The molecule has 24 rings (SSSR count). The van der Waals surface area contributed by atoms with Gasteiger partial charge in [-0.1, -0.05) is 27.7 Å². The van der Waals surface area contributed by atoms with Gasteiger partial charge in [0.05, 0.1) is 84.2 Å². The summed E-state index contributed by atoms with van der Waals surface area (Å²) in [7, 11) is 0. The number of imidazole rings is 4. The van der Waals surface area contributed by atoms with Gasteiger partial charge in [0.1, 0.15) is 69.3 Å². The van der Waals surface area contributed by atoms with Gasteiger partial charge in [0.2, 0.25) is 0 Å². The zero-order chi connectivity index (χ0) is 95.5. The quantitative estimate of drug-likeness (QED) is 0.0329. The molecule has 0 spiro atoms. The summed E-state index contributed by atoms with van der Waals surface area (Å²) in [6, 6.07) is 36.0. The lowest BCUT2D eigenvalue weighted by Gasteiger charge is -2.32. The zero-order valence-corrected chi connectivity index (χ0v) is 78.0. The third-order valence-electron chi connectivity index (χ3n) is 31.0. The first-order chi connectivity index (χ1) is 67.4. The maximum absolute atomic E-state index is 14.8. The van der Waals surface area contributed by atoms with Crippen molar-refractivity contribution in [3.8, 4) is 0 Å². The molecule has 4 atom stereocenters. The minimum atomic E-state index is -1.16. The zero-order valence-electron chi connectivity index (χ0n) is 78.0. The van der Waals surface area contributed by atoms with Crippen LogP contribution >= 0.6 is 0 Å². The van der Waals surface area contributed by atoms with Gasteiger partial charge in [0.25, 0.3) is 23.6 Å². The number of nitrogens with one attached hydrogen (secondary N) is 8. The number of fused-ring (bicyclic) bond motifs is 8. The Morgan fingerprint density at radius 3 is 0.914 bits per heavy atom. The number of benzene rings is 6. The van der Waals surface area contributed by atoms with E-state index in [9.17, 15) is 49.9 Å². The van der Waals surface area contributed by atoms with Gasteiger partial charge in [0, 0.05) is 100 Å². The Morgan fingerprint density at radius 2 is 0.583 bits per heavy atom. The highest BCUT2D eigenvalue weighted by atomic mass is 19.2. The van der Waals surface area contributed by atoms with Crippen molar-refractivity contribution in [3.63, 3.8) is 0 Å². The molecule has 0 bridgehead atoms. The maximum Gasteiger partial charge on any atom is 0.270 e. The second-order valence-corrected chi connectivity index (χ2v) is 40.3. The molecule has 714 valence electrons. The minimum Gasteiger partial charge on any atom is -0.349 e. The predicted molar refractivity (Wildman–Crippen MR) is 521 cm³/mol. The van der Waals surface area contributed by atoms with Crippen LogP contribution in [0.15, 0.2) is 165 Å². The number of aromatic nitrogens is 14. The molecule has 0 saturated heterocycles. The third kappa shape index (κ3) is 20.2. The molecule has 10 aromatic heterocycles. The van der Waals surface area contributed by atoms with E-state index in [4.69, 9.17) is 15.0 Å². The van der Waals surface area contributed by atoms with Crippen LogP contribution in [0.4, 0.5) is 30.7 Å². The highest BCUT2D eigenvalue weighted by Crippen LogP contribution is 2.49. The average Bonchev–Trinajstić information content (AvgIpc) is 1.43. The summed E-state index contributed by atoms with van der Waals surface area (Å²) >= 11 is 0. The van der Waals surface area contributed by atoms with E-state index in [1.54, 1.807) is 85.3 Å². The van der Waals surface area contributed by atoms with Gasteiger partial charge < -0.3 is 41.2 Å². The fourth-order valence-corrected chi connectivity index (χ4v) is 22.0. The second-order valence-electron chi connectivity index (χ2n) is 40.3.